The first-order valence-corrected chi connectivity index (χ1v) is 4.96. The molecule has 3 rings (SSSR count). The Bertz CT molecular complexity index is 497. The molecule has 1 aliphatic heterocycles. The fourth-order valence-corrected chi connectivity index (χ4v) is 1.56. The van der Waals surface area contributed by atoms with E-state index in [1.807, 2.05) is 24.3 Å². The van der Waals surface area contributed by atoms with E-state index in [2.05, 4.69) is 9.97 Å². The topological polar surface area (TPSA) is 53.5 Å². The Labute approximate surface area is 92.0 Å². The number of hydrogen-bond acceptors (Lipinski definition) is 5. The van der Waals surface area contributed by atoms with Crippen LogP contribution in [0.3, 0.4) is 0 Å². The predicted octanol–water partition coefficient (Wildman–Crippen LogP) is 1.61. The van der Waals surface area contributed by atoms with Crippen LogP contribution in [0.15, 0.2) is 30.5 Å². The predicted molar refractivity (Wildman–Crippen MR) is 55.3 cm³/mol. The molecule has 0 saturated carbocycles. The Hall–Kier alpha value is -1.56. The lowest BCUT2D eigenvalue weighted by molar-refractivity contribution is -0.304. The van der Waals surface area contributed by atoms with Gasteiger partial charge >= 0.3 is 0 Å². The van der Waals surface area contributed by atoms with Crippen LogP contribution in [0.25, 0.3) is 11.0 Å². The van der Waals surface area contributed by atoms with E-state index in [4.69, 9.17) is 14.2 Å². The van der Waals surface area contributed by atoms with E-state index in [-0.39, 0.29) is 13.6 Å². The van der Waals surface area contributed by atoms with Crippen LogP contribution in [-0.4, -0.2) is 23.6 Å². The third-order valence-electron chi connectivity index (χ3n) is 2.31. The lowest BCUT2D eigenvalue weighted by Crippen LogP contribution is -2.20. The molecule has 0 bridgehead atoms. The molecular weight excluding hydrogens is 208 g/mol. The van der Waals surface area contributed by atoms with Crippen LogP contribution in [0.5, 0.6) is 0 Å². The maximum Gasteiger partial charge on any atom is 0.207 e. The van der Waals surface area contributed by atoms with Crippen molar-refractivity contribution >= 4 is 11.0 Å². The van der Waals surface area contributed by atoms with Crippen LogP contribution < -0.4 is 0 Å². The van der Waals surface area contributed by atoms with Gasteiger partial charge < -0.3 is 14.2 Å². The molecule has 1 aromatic heterocycles. The van der Waals surface area contributed by atoms with Gasteiger partial charge in [0, 0.05) is 0 Å². The standard InChI is InChI=1S/C11H10N2O3/c1-2-4-9-8(3-1)12-5-10(13-9)11-15-6-14-7-16-11/h1-5,11H,6-7H2. The number of fused-ring (bicyclic) bond motifs is 1. The molecule has 0 unspecified atom stereocenters. The summed E-state index contributed by atoms with van der Waals surface area (Å²) in [7, 11) is 0. The maximum atomic E-state index is 5.27. The maximum absolute atomic E-state index is 5.27. The highest BCUT2D eigenvalue weighted by Crippen LogP contribution is 2.21. The molecule has 0 atom stereocenters. The number of aromatic nitrogens is 2. The second-order valence-electron chi connectivity index (χ2n) is 3.39. The van der Waals surface area contributed by atoms with Crippen LogP contribution in [0.2, 0.25) is 0 Å². The molecule has 5 heteroatoms. The summed E-state index contributed by atoms with van der Waals surface area (Å²) in [6, 6.07) is 7.67. The molecule has 5 nitrogen and oxygen atoms in total. The van der Waals surface area contributed by atoms with Gasteiger partial charge in [-0.15, -0.1) is 0 Å². The molecule has 1 aliphatic rings. The van der Waals surface area contributed by atoms with Crippen LogP contribution in [0, 0.1) is 0 Å². The van der Waals surface area contributed by atoms with E-state index < -0.39 is 6.29 Å². The quantitative estimate of drug-likeness (QED) is 0.727. The summed E-state index contributed by atoms with van der Waals surface area (Å²) in [5.41, 5.74) is 2.36. The van der Waals surface area contributed by atoms with Gasteiger partial charge in [-0.1, -0.05) is 12.1 Å². The molecule has 2 heterocycles. The Balaban J connectivity index is 1.97. The van der Waals surface area contributed by atoms with Crippen molar-refractivity contribution in [2.75, 3.05) is 13.6 Å². The van der Waals surface area contributed by atoms with Crippen LogP contribution in [-0.2, 0) is 14.2 Å². The number of nitrogens with zero attached hydrogens (tertiary/aromatic N) is 2. The Kier molecular flexibility index (Phi) is 2.49. The van der Waals surface area contributed by atoms with E-state index in [1.165, 1.54) is 0 Å². The Morgan fingerprint density at radius 3 is 2.62 bits per heavy atom. The van der Waals surface area contributed by atoms with Crippen LogP contribution in [0.4, 0.5) is 0 Å². The summed E-state index contributed by atoms with van der Waals surface area (Å²) in [5, 5.41) is 0. The first-order valence-electron chi connectivity index (χ1n) is 4.96. The number of benzene rings is 1. The van der Waals surface area contributed by atoms with Gasteiger partial charge in [-0.25, -0.2) is 4.98 Å². The van der Waals surface area contributed by atoms with Gasteiger partial charge in [0.2, 0.25) is 6.29 Å². The molecule has 0 spiro atoms. The molecule has 0 aliphatic carbocycles. The summed E-state index contributed by atoms with van der Waals surface area (Å²) in [4.78, 5) is 8.72. The molecule has 2 aromatic rings. The molecule has 1 saturated heterocycles. The molecule has 0 N–H and O–H groups in total. The van der Waals surface area contributed by atoms with E-state index in [0.717, 1.165) is 11.0 Å². The van der Waals surface area contributed by atoms with Gasteiger partial charge in [-0.05, 0) is 12.1 Å². The van der Waals surface area contributed by atoms with Crippen LogP contribution >= 0.6 is 0 Å². The number of para-hydroxylation sites is 2. The van der Waals surface area contributed by atoms with Crippen molar-refractivity contribution in [1.82, 2.24) is 9.97 Å². The number of rotatable bonds is 1. The first kappa shape index (κ1) is 9.65. The second-order valence-corrected chi connectivity index (χ2v) is 3.39. The highest BCUT2D eigenvalue weighted by atomic mass is 16.8. The van der Waals surface area contributed by atoms with Crippen molar-refractivity contribution < 1.29 is 14.2 Å². The molecule has 0 amide bonds. The second kappa shape index (κ2) is 4.13. The minimum atomic E-state index is -0.481. The van der Waals surface area contributed by atoms with Gasteiger partial charge in [-0.3, -0.25) is 4.98 Å². The first-order chi connectivity index (χ1) is 7.93. The van der Waals surface area contributed by atoms with Crippen molar-refractivity contribution in [1.29, 1.82) is 0 Å². The van der Waals surface area contributed by atoms with Crippen LogP contribution in [0.1, 0.15) is 12.0 Å². The molecular formula is C11H10N2O3. The molecule has 1 fully saturated rings. The molecule has 82 valence electrons. The molecule has 0 radical (unpaired) electrons. The van der Waals surface area contributed by atoms with Gasteiger partial charge in [0.05, 0.1) is 17.2 Å². The van der Waals surface area contributed by atoms with E-state index in [9.17, 15) is 0 Å². The SMILES string of the molecule is c1ccc2nc(C3OCOCO3)cnc2c1. The third-order valence-corrected chi connectivity index (χ3v) is 2.31. The smallest absolute Gasteiger partial charge is 0.207 e. The fraction of sp³-hybridized carbons (Fsp3) is 0.273. The lowest BCUT2D eigenvalue weighted by atomic mass is 10.3. The molecule has 16 heavy (non-hydrogen) atoms. The Morgan fingerprint density at radius 1 is 1.06 bits per heavy atom. The van der Waals surface area contributed by atoms with Crippen molar-refractivity contribution in [2.45, 2.75) is 6.29 Å². The number of hydrogen-bond donors (Lipinski definition) is 0. The fourth-order valence-electron chi connectivity index (χ4n) is 1.56. The summed E-state index contributed by atoms with van der Waals surface area (Å²) in [6.07, 6.45) is 1.18. The van der Waals surface area contributed by atoms with Gasteiger partial charge in [0.15, 0.2) is 13.6 Å². The van der Waals surface area contributed by atoms with E-state index >= 15 is 0 Å². The van der Waals surface area contributed by atoms with Crippen molar-refractivity contribution in [3.8, 4) is 0 Å². The highest BCUT2D eigenvalue weighted by molar-refractivity contribution is 5.73. The zero-order chi connectivity index (χ0) is 10.8. The minimum Gasteiger partial charge on any atom is -0.329 e. The molecule has 1 aromatic carbocycles. The van der Waals surface area contributed by atoms with Crippen molar-refractivity contribution in [3.05, 3.63) is 36.2 Å². The summed E-state index contributed by atoms with van der Waals surface area (Å²) in [6.45, 7) is 0.443. The third kappa shape index (κ3) is 1.76. The van der Waals surface area contributed by atoms with Crippen molar-refractivity contribution in [3.63, 3.8) is 0 Å². The largest absolute Gasteiger partial charge is 0.329 e. The summed E-state index contributed by atoms with van der Waals surface area (Å²) in [5.74, 6) is 0. The van der Waals surface area contributed by atoms with Gasteiger partial charge in [-0.2, -0.15) is 0 Å². The highest BCUT2D eigenvalue weighted by Gasteiger charge is 2.18. The van der Waals surface area contributed by atoms with Gasteiger partial charge in [0.1, 0.15) is 5.69 Å². The van der Waals surface area contributed by atoms with Gasteiger partial charge in [0.25, 0.3) is 0 Å². The number of ether oxygens (including phenoxy) is 3. The average molecular weight is 218 g/mol. The zero-order valence-electron chi connectivity index (χ0n) is 8.50. The zero-order valence-corrected chi connectivity index (χ0v) is 8.50. The lowest BCUT2D eigenvalue weighted by Gasteiger charge is -2.22. The Morgan fingerprint density at radius 2 is 1.81 bits per heavy atom. The minimum absolute atomic E-state index is 0.221. The summed E-state index contributed by atoms with van der Waals surface area (Å²) < 4.78 is 15.4. The normalized spacial score (nSPS) is 17.8. The van der Waals surface area contributed by atoms with E-state index in [0.29, 0.717) is 5.69 Å². The van der Waals surface area contributed by atoms with E-state index in [1.54, 1.807) is 6.20 Å². The summed E-state index contributed by atoms with van der Waals surface area (Å²) >= 11 is 0. The van der Waals surface area contributed by atoms with Crippen molar-refractivity contribution in [2.24, 2.45) is 0 Å². The monoisotopic (exact) mass is 218 g/mol. The average Bonchev–Trinajstić information content (AvgIpc) is 2.39.